The number of likely N-dealkylation sites (N-methyl/N-ethyl adjacent to an activating group) is 1. The van der Waals surface area contributed by atoms with E-state index in [1.807, 2.05) is 44.5 Å². The number of morpholine rings is 1. The van der Waals surface area contributed by atoms with Crippen LogP contribution >= 0.6 is 0 Å². The number of carbonyl (C=O) groups excluding carboxylic acids is 1. The zero-order valence-electron chi connectivity index (χ0n) is 15.6. The molecule has 8 heteroatoms. The number of aryl methyl sites for hydroxylation is 1. The first-order valence-electron chi connectivity index (χ1n) is 9.14. The summed E-state index contributed by atoms with van der Waals surface area (Å²) in [5, 5.41) is 11.6. The number of aromatic nitrogens is 4. The maximum Gasteiger partial charge on any atom is 0.275 e. The minimum absolute atomic E-state index is 0.0472. The van der Waals surface area contributed by atoms with E-state index in [4.69, 9.17) is 4.74 Å². The Morgan fingerprint density at radius 3 is 2.88 bits per heavy atom. The van der Waals surface area contributed by atoms with Crippen LogP contribution in [0, 0.1) is 0 Å². The van der Waals surface area contributed by atoms with Crippen molar-refractivity contribution in [3.63, 3.8) is 0 Å². The van der Waals surface area contributed by atoms with E-state index in [1.165, 1.54) is 12.8 Å². The summed E-state index contributed by atoms with van der Waals surface area (Å²) in [4.78, 5) is 17.2. The minimum atomic E-state index is -0.173. The van der Waals surface area contributed by atoms with Crippen molar-refractivity contribution in [1.82, 2.24) is 29.8 Å². The monoisotopic (exact) mass is 358 g/mol. The van der Waals surface area contributed by atoms with Gasteiger partial charge in [0.15, 0.2) is 0 Å². The second-order valence-electron chi connectivity index (χ2n) is 7.55. The molecule has 26 heavy (non-hydrogen) atoms. The van der Waals surface area contributed by atoms with Crippen molar-refractivity contribution in [3.8, 4) is 0 Å². The van der Waals surface area contributed by atoms with Crippen LogP contribution in [0.5, 0.6) is 0 Å². The van der Waals surface area contributed by atoms with Crippen LogP contribution in [0.4, 0.5) is 0 Å². The number of ether oxygens (including phenoxy) is 1. The summed E-state index contributed by atoms with van der Waals surface area (Å²) in [6, 6.07) is 1.74. The van der Waals surface area contributed by atoms with Crippen molar-refractivity contribution in [3.05, 3.63) is 35.4 Å². The molecule has 0 bridgehead atoms. The Labute approximate surface area is 153 Å². The van der Waals surface area contributed by atoms with Gasteiger partial charge in [-0.2, -0.15) is 10.2 Å². The van der Waals surface area contributed by atoms with Crippen molar-refractivity contribution in [1.29, 1.82) is 0 Å². The molecule has 4 rings (SSSR count). The lowest BCUT2D eigenvalue weighted by molar-refractivity contribution is -0.0686. The van der Waals surface area contributed by atoms with Crippen LogP contribution in [0.15, 0.2) is 18.5 Å². The van der Waals surface area contributed by atoms with Gasteiger partial charge in [-0.3, -0.25) is 14.6 Å². The van der Waals surface area contributed by atoms with Crippen LogP contribution in [0.1, 0.15) is 46.5 Å². The van der Waals surface area contributed by atoms with E-state index in [0.29, 0.717) is 24.8 Å². The first-order chi connectivity index (χ1) is 12.5. The number of amides is 1. The zero-order chi connectivity index (χ0) is 18.3. The third kappa shape index (κ3) is 3.39. The Balaban J connectivity index is 1.63. The molecule has 2 aromatic rings. The molecule has 2 aliphatic rings. The Morgan fingerprint density at radius 2 is 2.23 bits per heavy atom. The van der Waals surface area contributed by atoms with Gasteiger partial charge in [-0.05, 0) is 33.0 Å². The van der Waals surface area contributed by atoms with Crippen LogP contribution < -0.4 is 0 Å². The molecule has 0 unspecified atom stereocenters. The quantitative estimate of drug-likeness (QED) is 0.868. The molecule has 2 fully saturated rings. The molecule has 1 aliphatic carbocycles. The van der Waals surface area contributed by atoms with Gasteiger partial charge in [-0.1, -0.05) is 0 Å². The smallest absolute Gasteiger partial charge is 0.275 e. The lowest BCUT2D eigenvalue weighted by atomic mass is 10.00. The molecule has 1 saturated carbocycles. The van der Waals surface area contributed by atoms with Crippen molar-refractivity contribution in [2.24, 2.45) is 7.05 Å². The highest BCUT2D eigenvalue weighted by atomic mass is 16.5. The fourth-order valence-corrected chi connectivity index (χ4v) is 3.66. The molecule has 0 aromatic carbocycles. The molecular formula is C18H26N6O2. The third-order valence-electron chi connectivity index (χ3n) is 5.06. The van der Waals surface area contributed by atoms with Crippen molar-refractivity contribution < 1.29 is 9.53 Å². The first-order valence-corrected chi connectivity index (χ1v) is 9.14. The van der Waals surface area contributed by atoms with E-state index >= 15 is 0 Å². The molecule has 3 heterocycles. The number of rotatable bonds is 5. The van der Waals surface area contributed by atoms with Crippen molar-refractivity contribution >= 4 is 5.91 Å². The topological polar surface area (TPSA) is 79.3 Å². The Kier molecular flexibility index (Phi) is 4.54. The molecule has 0 radical (unpaired) electrons. The maximum atomic E-state index is 13.2. The van der Waals surface area contributed by atoms with Crippen molar-refractivity contribution in [2.45, 2.75) is 30.9 Å². The standard InChI is InChI=1S/C18H26N6O2/c1-22(2)11-16-17(13-9-19-23(3)10-13)24(6-7-26-16)18(25)15-8-14(20-21-15)12-4-5-12/h8-10,12,16-17H,4-7,11H2,1-3H3,(H,20,21)/t16-,17-/m0/s1. The largest absolute Gasteiger partial charge is 0.373 e. The van der Waals surface area contributed by atoms with Gasteiger partial charge in [0.1, 0.15) is 5.69 Å². The number of carbonyl (C=O) groups is 1. The fraction of sp³-hybridized carbons (Fsp3) is 0.611. The highest BCUT2D eigenvalue weighted by Crippen LogP contribution is 2.39. The number of nitrogens with zero attached hydrogens (tertiary/aromatic N) is 5. The van der Waals surface area contributed by atoms with Gasteiger partial charge >= 0.3 is 0 Å². The number of aromatic amines is 1. The van der Waals surface area contributed by atoms with Crippen LogP contribution in [-0.4, -0.2) is 75.6 Å². The molecule has 2 aromatic heterocycles. The first kappa shape index (κ1) is 17.2. The van der Waals surface area contributed by atoms with Gasteiger partial charge in [-0.25, -0.2) is 0 Å². The van der Waals surface area contributed by atoms with E-state index in [-0.39, 0.29) is 18.1 Å². The molecule has 1 amide bonds. The zero-order valence-corrected chi connectivity index (χ0v) is 15.6. The predicted molar refractivity (Wildman–Crippen MR) is 95.8 cm³/mol. The summed E-state index contributed by atoms with van der Waals surface area (Å²) < 4.78 is 7.80. The van der Waals surface area contributed by atoms with Crippen LogP contribution in [-0.2, 0) is 11.8 Å². The second kappa shape index (κ2) is 6.85. The number of nitrogens with one attached hydrogen (secondary N) is 1. The average molecular weight is 358 g/mol. The molecule has 8 nitrogen and oxygen atoms in total. The summed E-state index contributed by atoms with van der Waals surface area (Å²) in [7, 11) is 5.91. The summed E-state index contributed by atoms with van der Waals surface area (Å²) >= 11 is 0. The molecule has 2 atom stereocenters. The SMILES string of the molecule is CN(C)C[C@@H]1OCCN(C(=O)c2cc(C3CC3)[nH]n2)[C@H]1c1cnn(C)c1. The van der Waals surface area contributed by atoms with E-state index in [1.54, 1.807) is 4.68 Å². The Bertz CT molecular complexity index is 778. The Morgan fingerprint density at radius 1 is 1.42 bits per heavy atom. The number of hydrogen-bond acceptors (Lipinski definition) is 5. The van der Waals surface area contributed by atoms with Gasteiger partial charge in [0, 0.05) is 43.5 Å². The van der Waals surface area contributed by atoms with Crippen LogP contribution in [0.3, 0.4) is 0 Å². The third-order valence-corrected chi connectivity index (χ3v) is 5.06. The van der Waals surface area contributed by atoms with Gasteiger partial charge in [0.2, 0.25) is 0 Å². The fourth-order valence-electron chi connectivity index (χ4n) is 3.66. The summed E-state index contributed by atoms with van der Waals surface area (Å²) in [6.07, 6.45) is 6.03. The molecule has 1 N–H and O–H groups in total. The number of hydrogen-bond donors (Lipinski definition) is 1. The highest BCUT2D eigenvalue weighted by molar-refractivity contribution is 5.92. The van der Waals surface area contributed by atoms with E-state index in [0.717, 1.165) is 17.8 Å². The molecule has 1 aliphatic heterocycles. The van der Waals surface area contributed by atoms with Gasteiger partial charge in [0.05, 0.1) is 24.9 Å². The molecular weight excluding hydrogens is 332 g/mol. The Hall–Kier alpha value is -2.19. The maximum absolute atomic E-state index is 13.2. The minimum Gasteiger partial charge on any atom is -0.373 e. The summed E-state index contributed by atoms with van der Waals surface area (Å²) in [5.41, 5.74) is 2.56. The molecule has 1 saturated heterocycles. The van der Waals surface area contributed by atoms with Crippen LogP contribution in [0.25, 0.3) is 0 Å². The summed E-state index contributed by atoms with van der Waals surface area (Å²) in [5.74, 6) is 0.499. The molecule has 140 valence electrons. The number of H-pyrrole nitrogens is 1. The highest BCUT2D eigenvalue weighted by Gasteiger charge is 2.38. The summed E-state index contributed by atoms with van der Waals surface area (Å²) in [6.45, 7) is 1.81. The van der Waals surface area contributed by atoms with Gasteiger partial charge < -0.3 is 14.5 Å². The van der Waals surface area contributed by atoms with Crippen molar-refractivity contribution in [2.75, 3.05) is 33.8 Å². The lowest BCUT2D eigenvalue weighted by Crippen LogP contribution is -2.51. The van der Waals surface area contributed by atoms with Crippen LogP contribution in [0.2, 0.25) is 0 Å². The normalized spacial score (nSPS) is 23.6. The van der Waals surface area contributed by atoms with Gasteiger partial charge in [-0.15, -0.1) is 0 Å². The lowest BCUT2D eigenvalue weighted by Gasteiger charge is -2.41. The predicted octanol–water partition coefficient (Wildman–Crippen LogP) is 1.16. The molecule has 0 spiro atoms. The van der Waals surface area contributed by atoms with E-state index < -0.39 is 0 Å². The average Bonchev–Trinajstić information content (AvgIpc) is 3.18. The van der Waals surface area contributed by atoms with E-state index in [2.05, 4.69) is 20.2 Å². The second-order valence-corrected chi connectivity index (χ2v) is 7.55. The van der Waals surface area contributed by atoms with Gasteiger partial charge in [0.25, 0.3) is 5.91 Å². The van der Waals surface area contributed by atoms with E-state index in [9.17, 15) is 4.79 Å².